The molecule has 1 N–H and O–H groups in total. The number of carbonyl (C=O) groups is 1. The second-order valence-electron chi connectivity index (χ2n) is 6.77. The van der Waals surface area contributed by atoms with Gasteiger partial charge in [0.05, 0.1) is 28.7 Å². The molecule has 2 heterocycles. The standard InChI is InChI=1S/C14H19ClN4O3S2/c15-10-6-24(21,22)7-11(10)16-12(20)5-23-14-18-17-13(8-1-2-8)19(14)9-3-4-9/h8-11H,1-7H2,(H,16,20)/t10-,11+/m1/s1. The fourth-order valence-corrected chi connectivity index (χ4v) is 6.37. The van der Waals surface area contributed by atoms with Crippen molar-refractivity contribution in [3.05, 3.63) is 5.82 Å². The van der Waals surface area contributed by atoms with Gasteiger partial charge in [-0.2, -0.15) is 0 Å². The summed E-state index contributed by atoms with van der Waals surface area (Å²) in [4.78, 5) is 12.1. The van der Waals surface area contributed by atoms with Gasteiger partial charge in [-0.15, -0.1) is 21.8 Å². The molecule has 3 aliphatic rings. The molecule has 24 heavy (non-hydrogen) atoms. The van der Waals surface area contributed by atoms with Crippen molar-refractivity contribution in [1.29, 1.82) is 0 Å². The van der Waals surface area contributed by atoms with Gasteiger partial charge in [-0.1, -0.05) is 11.8 Å². The molecular weight excluding hydrogens is 372 g/mol. The topological polar surface area (TPSA) is 93.9 Å². The first-order valence-electron chi connectivity index (χ1n) is 8.14. The Balaban J connectivity index is 1.36. The Morgan fingerprint density at radius 2 is 2.00 bits per heavy atom. The number of amides is 1. The monoisotopic (exact) mass is 390 g/mol. The number of rotatable bonds is 6. The van der Waals surface area contributed by atoms with Gasteiger partial charge in [0, 0.05) is 12.0 Å². The van der Waals surface area contributed by atoms with Crippen LogP contribution in [0.5, 0.6) is 0 Å². The van der Waals surface area contributed by atoms with E-state index in [9.17, 15) is 13.2 Å². The summed E-state index contributed by atoms with van der Waals surface area (Å²) in [5.41, 5.74) is 0. The zero-order valence-corrected chi connectivity index (χ0v) is 15.4. The van der Waals surface area contributed by atoms with Gasteiger partial charge in [-0.3, -0.25) is 4.79 Å². The molecule has 10 heteroatoms. The Morgan fingerprint density at radius 1 is 1.25 bits per heavy atom. The number of alkyl halides is 1. The summed E-state index contributed by atoms with van der Waals surface area (Å²) in [5.74, 6) is 1.40. The molecule has 4 rings (SSSR count). The number of halogens is 1. The van der Waals surface area contributed by atoms with Crippen LogP contribution in [0.25, 0.3) is 0 Å². The first-order chi connectivity index (χ1) is 11.4. The Hall–Kier alpha value is -0.800. The van der Waals surface area contributed by atoms with Crippen LogP contribution in [0.15, 0.2) is 5.16 Å². The van der Waals surface area contributed by atoms with Crippen molar-refractivity contribution in [3.63, 3.8) is 0 Å². The minimum Gasteiger partial charge on any atom is -0.350 e. The highest BCUT2D eigenvalue weighted by molar-refractivity contribution is 7.99. The zero-order valence-electron chi connectivity index (χ0n) is 13.0. The van der Waals surface area contributed by atoms with Gasteiger partial charge in [0.15, 0.2) is 15.0 Å². The molecule has 7 nitrogen and oxygen atoms in total. The molecule has 1 aromatic rings. The molecule has 1 saturated heterocycles. The molecular formula is C14H19ClN4O3S2. The highest BCUT2D eigenvalue weighted by Gasteiger charge is 2.38. The molecule has 132 valence electrons. The summed E-state index contributed by atoms with van der Waals surface area (Å²) in [6.45, 7) is 0. The van der Waals surface area contributed by atoms with Crippen LogP contribution < -0.4 is 5.32 Å². The van der Waals surface area contributed by atoms with E-state index in [1.807, 2.05) is 0 Å². The van der Waals surface area contributed by atoms with Crippen LogP contribution in [0, 0.1) is 0 Å². The number of carbonyl (C=O) groups excluding carboxylic acids is 1. The van der Waals surface area contributed by atoms with Gasteiger partial charge < -0.3 is 9.88 Å². The number of nitrogens with one attached hydrogen (secondary N) is 1. The van der Waals surface area contributed by atoms with E-state index in [4.69, 9.17) is 11.6 Å². The van der Waals surface area contributed by atoms with Crippen LogP contribution in [-0.4, -0.2) is 57.8 Å². The molecule has 1 amide bonds. The number of aromatic nitrogens is 3. The normalized spacial score (nSPS) is 28.9. The van der Waals surface area contributed by atoms with E-state index in [0.717, 1.165) is 23.8 Å². The van der Waals surface area contributed by atoms with Crippen molar-refractivity contribution in [3.8, 4) is 0 Å². The lowest BCUT2D eigenvalue weighted by Gasteiger charge is -2.14. The molecule has 1 aromatic heterocycles. The maximum Gasteiger partial charge on any atom is 0.230 e. The lowest BCUT2D eigenvalue weighted by Crippen LogP contribution is -2.41. The molecule has 0 radical (unpaired) electrons. The highest BCUT2D eigenvalue weighted by atomic mass is 35.5. The van der Waals surface area contributed by atoms with Crippen LogP contribution in [0.2, 0.25) is 0 Å². The lowest BCUT2D eigenvalue weighted by atomic mass is 10.2. The highest BCUT2D eigenvalue weighted by Crippen LogP contribution is 2.45. The molecule has 0 spiro atoms. The van der Waals surface area contributed by atoms with Gasteiger partial charge in [-0.05, 0) is 25.7 Å². The Labute approximate surface area is 149 Å². The maximum absolute atomic E-state index is 12.1. The van der Waals surface area contributed by atoms with Crippen molar-refractivity contribution >= 4 is 39.1 Å². The second-order valence-corrected chi connectivity index (χ2v) is 10.4. The minimum absolute atomic E-state index is 0.0760. The Bertz CT molecular complexity index is 758. The first kappa shape index (κ1) is 16.7. The first-order valence-corrected chi connectivity index (χ1v) is 11.4. The van der Waals surface area contributed by atoms with Crippen LogP contribution >= 0.6 is 23.4 Å². The number of sulfone groups is 1. The molecule has 3 fully saturated rings. The zero-order chi connectivity index (χ0) is 16.9. The fourth-order valence-electron chi connectivity index (χ4n) is 3.00. The molecule has 0 aromatic carbocycles. The average Bonchev–Trinajstić information content (AvgIpc) is 3.42. The number of nitrogens with zero attached hydrogens (tertiary/aromatic N) is 3. The molecule has 1 aliphatic heterocycles. The van der Waals surface area contributed by atoms with Crippen molar-refractivity contribution in [1.82, 2.24) is 20.1 Å². The smallest absolute Gasteiger partial charge is 0.230 e. The van der Waals surface area contributed by atoms with Crippen molar-refractivity contribution in [2.24, 2.45) is 0 Å². The number of hydrogen-bond acceptors (Lipinski definition) is 6. The van der Waals surface area contributed by atoms with E-state index in [-0.39, 0.29) is 23.2 Å². The van der Waals surface area contributed by atoms with Crippen molar-refractivity contribution in [2.75, 3.05) is 17.3 Å². The summed E-state index contributed by atoms with van der Waals surface area (Å²) in [6.07, 6.45) is 4.63. The summed E-state index contributed by atoms with van der Waals surface area (Å²) in [6, 6.07) is -0.0264. The molecule has 2 atom stereocenters. The SMILES string of the molecule is O=C(CSc1nnc(C2CC2)n1C1CC1)N[C@H]1CS(=O)(=O)C[C@H]1Cl. The lowest BCUT2D eigenvalue weighted by molar-refractivity contribution is -0.119. The molecule has 2 aliphatic carbocycles. The minimum atomic E-state index is -3.15. The van der Waals surface area contributed by atoms with Gasteiger partial charge in [0.1, 0.15) is 5.82 Å². The van der Waals surface area contributed by atoms with Gasteiger partial charge >= 0.3 is 0 Å². The molecule has 0 unspecified atom stereocenters. The largest absolute Gasteiger partial charge is 0.350 e. The summed E-state index contributed by atoms with van der Waals surface area (Å²) in [5, 5.41) is 11.5. The fraction of sp³-hybridized carbons (Fsp3) is 0.786. The van der Waals surface area contributed by atoms with Gasteiger partial charge in [-0.25, -0.2) is 8.42 Å². The van der Waals surface area contributed by atoms with Gasteiger partial charge in [0.2, 0.25) is 5.91 Å². The Morgan fingerprint density at radius 3 is 2.58 bits per heavy atom. The third kappa shape index (κ3) is 3.57. The average molecular weight is 391 g/mol. The maximum atomic E-state index is 12.1. The third-order valence-corrected chi connectivity index (χ3v) is 7.83. The van der Waals surface area contributed by atoms with Crippen LogP contribution in [0.1, 0.15) is 43.5 Å². The number of thioether (sulfide) groups is 1. The van der Waals surface area contributed by atoms with E-state index in [0.29, 0.717) is 12.0 Å². The van der Waals surface area contributed by atoms with E-state index in [2.05, 4.69) is 20.1 Å². The van der Waals surface area contributed by atoms with Crippen molar-refractivity contribution in [2.45, 2.75) is 54.2 Å². The van der Waals surface area contributed by atoms with E-state index in [1.54, 1.807) is 0 Å². The molecule has 2 saturated carbocycles. The van der Waals surface area contributed by atoms with Crippen LogP contribution in [-0.2, 0) is 14.6 Å². The van der Waals surface area contributed by atoms with E-state index < -0.39 is 21.3 Å². The summed E-state index contributed by atoms with van der Waals surface area (Å²) >= 11 is 7.38. The van der Waals surface area contributed by atoms with E-state index in [1.165, 1.54) is 24.6 Å². The number of hydrogen-bond donors (Lipinski definition) is 1. The Kier molecular flexibility index (Phi) is 4.29. The van der Waals surface area contributed by atoms with Crippen molar-refractivity contribution < 1.29 is 13.2 Å². The molecule has 0 bridgehead atoms. The van der Waals surface area contributed by atoms with E-state index >= 15 is 0 Å². The quantitative estimate of drug-likeness (QED) is 0.577. The van der Waals surface area contributed by atoms with Gasteiger partial charge in [0.25, 0.3) is 0 Å². The summed E-state index contributed by atoms with van der Waals surface area (Å²) < 4.78 is 25.3. The summed E-state index contributed by atoms with van der Waals surface area (Å²) in [7, 11) is -3.15. The van der Waals surface area contributed by atoms with Crippen LogP contribution in [0.4, 0.5) is 0 Å². The van der Waals surface area contributed by atoms with Crippen LogP contribution in [0.3, 0.4) is 0 Å². The predicted octanol–water partition coefficient (Wildman–Crippen LogP) is 1.10. The third-order valence-electron chi connectivity index (χ3n) is 4.51. The second kappa shape index (κ2) is 6.17. The predicted molar refractivity (Wildman–Crippen MR) is 91.2 cm³/mol.